The van der Waals surface area contributed by atoms with Gasteiger partial charge in [0.2, 0.25) is 0 Å². The summed E-state index contributed by atoms with van der Waals surface area (Å²) in [5, 5.41) is 3.64. The lowest BCUT2D eigenvalue weighted by Gasteiger charge is -2.35. The summed E-state index contributed by atoms with van der Waals surface area (Å²) in [4.78, 5) is 0. The zero-order valence-corrected chi connectivity index (χ0v) is 10.2. The Morgan fingerprint density at radius 1 is 1.12 bits per heavy atom. The molecule has 1 heterocycles. The largest absolute Gasteiger partial charge is 0.309 e. The van der Waals surface area contributed by atoms with Crippen LogP contribution in [0.5, 0.6) is 0 Å². The Balaban J connectivity index is 1.88. The van der Waals surface area contributed by atoms with E-state index in [0.717, 1.165) is 18.9 Å². The van der Waals surface area contributed by atoms with Crippen LogP contribution in [0.2, 0.25) is 0 Å². The van der Waals surface area contributed by atoms with Crippen molar-refractivity contribution in [2.75, 3.05) is 6.54 Å². The lowest BCUT2D eigenvalue weighted by atomic mass is 9.78. The van der Waals surface area contributed by atoms with E-state index in [0.29, 0.717) is 6.04 Å². The van der Waals surface area contributed by atoms with Gasteiger partial charge in [-0.3, -0.25) is 0 Å². The lowest BCUT2D eigenvalue weighted by molar-refractivity contribution is 0.264. The first kappa shape index (κ1) is 11.2. The number of hydrogen-bond donors (Lipinski definition) is 1. The first-order chi connectivity index (χ1) is 8.34. The maximum absolute atomic E-state index is 13.2. The van der Waals surface area contributed by atoms with Gasteiger partial charge in [-0.05, 0) is 55.0 Å². The van der Waals surface area contributed by atoms with Crippen molar-refractivity contribution in [3.8, 4) is 0 Å². The molecule has 1 aromatic rings. The number of rotatable bonds is 1. The summed E-state index contributed by atoms with van der Waals surface area (Å²) < 4.78 is 13.2. The van der Waals surface area contributed by atoms with Crippen LogP contribution in [0.3, 0.4) is 0 Å². The molecule has 1 unspecified atom stereocenters. The van der Waals surface area contributed by atoms with Crippen molar-refractivity contribution in [2.45, 2.75) is 44.6 Å². The Bertz CT molecular complexity index is 396. The van der Waals surface area contributed by atoms with Gasteiger partial charge in [-0.15, -0.1) is 0 Å². The Morgan fingerprint density at radius 3 is 2.76 bits per heavy atom. The third kappa shape index (κ3) is 2.23. The molecule has 0 radical (unpaired) electrons. The molecule has 1 nitrogen and oxygen atoms in total. The van der Waals surface area contributed by atoms with Crippen molar-refractivity contribution in [3.05, 3.63) is 35.1 Å². The topological polar surface area (TPSA) is 12.0 Å². The Morgan fingerprint density at radius 2 is 1.94 bits per heavy atom. The highest BCUT2D eigenvalue weighted by atomic mass is 19.1. The minimum atomic E-state index is -0.0898. The molecule has 2 heteroatoms. The summed E-state index contributed by atoms with van der Waals surface area (Å²) in [6.07, 6.45) is 7.73. The molecule has 0 aromatic heterocycles. The van der Waals surface area contributed by atoms with Crippen molar-refractivity contribution in [1.82, 2.24) is 5.32 Å². The summed E-state index contributed by atoms with van der Waals surface area (Å²) in [6.45, 7) is 0.998. The van der Waals surface area contributed by atoms with Crippen molar-refractivity contribution >= 4 is 0 Å². The first-order valence-electron chi connectivity index (χ1n) is 6.86. The van der Waals surface area contributed by atoms with Crippen molar-refractivity contribution in [3.63, 3.8) is 0 Å². The number of halogens is 1. The van der Waals surface area contributed by atoms with Crippen LogP contribution < -0.4 is 5.32 Å². The second-order valence-corrected chi connectivity index (χ2v) is 5.42. The standard InChI is InChI=1S/C15H20FN/c16-13-6-7-14-12(10-13)8-9-17-15(14)11-4-2-1-3-5-11/h6-7,10-11,15,17H,1-5,8-9H2. The number of hydrogen-bond acceptors (Lipinski definition) is 1. The van der Waals surface area contributed by atoms with Crippen molar-refractivity contribution < 1.29 is 4.39 Å². The second kappa shape index (κ2) is 4.77. The summed E-state index contributed by atoms with van der Waals surface area (Å²) in [6, 6.07) is 5.81. The van der Waals surface area contributed by atoms with Crippen LogP contribution in [0.1, 0.15) is 49.3 Å². The molecule has 2 aliphatic rings. The monoisotopic (exact) mass is 233 g/mol. The SMILES string of the molecule is Fc1ccc2c(c1)CCNC2C1CCCCC1. The Hall–Kier alpha value is -0.890. The number of fused-ring (bicyclic) bond motifs is 1. The van der Waals surface area contributed by atoms with Crippen LogP contribution in [-0.2, 0) is 6.42 Å². The molecule has 1 aliphatic heterocycles. The average Bonchev–Trinajstić information content (AvgIpc) is 2.39. The molecule has 0 amide bonds. The molecule has 1 N–H and O–H groups in total. The van der Waals surface area contributed by atoms with E-state index in [2.05, 4.69) is 5.32 Å². The average molecular weight is 233 g/mol. The molecule has 3 rings (SSSR count). The lowest BCUT2D eigenvalue weighted by Crippen LogP contribution is -2.35. The van der Waals surface area contributed by atoms with Crippen LogP contribution in [0.25, 0.3) is 0 Å². The quantitative estimate of drug-likeness (QED) is 0.781. The second-order valence-electron chi connectivity index (χ2n) is 5.42. The van der Waals surface area contributed by atoms with E-state index in [1.807, 2.05) is 6.07 Å². The minimum absolute atomic E-state index is 0.0898. The third-order valence-electron chi connectivity index (χ3n) is 4.32. The molecular formula is C15H20FN. The fraction of sp³-hybridized carbons (Fsp3) is 0.600. The zero-order chi connectivity index (χ0) is 11.7. The maximum atomic E-state index is 13.2. The van der Waals surface area contributed by atoms with Gasteiger partial charge in [-0.1, -0.05) is 25.3 Å². The summed E-state index contributed by atoms with van der Waals surface area (Å²) in [7, 11) is 0. The van der Waals surface area contributed by atoms with Gasteiger partial charge < -0.3 is 5.32 Å². The molecule has 1 saturated carbocycles. The van der Waals surface area contributed by atoms with E-state index in [1.165, 1.54) is 43.2 Å². The van der Waals surface area contributed by atoms with Crippen LogP contribution in [-0.4, -0.2) is 6.54 Å². The molecule has 92 valence electrons. The predicted molar refractivity (Wildman–Crippen MR) is 67.4 cm³/mol. The molecule has 1 atom stereocenters. The summed E-state index contributed by atoms with van der Waals surface area (Å²) in [5.74, 6) is 0.668. The Kier molecular flexibility index (Phi) is 3.15. The van der Waals surface area contributed by atoms with E-state index in [-0.39, 0.29) is 5.82 Å². The summed E-state index contributed by atoms with van der Waals surface area (Å²) in [5.41, 5.74) is 2.57. The van der Waals surface area contributed by atoms with E-state index >= 15 is 0 Å². The van der Waals surface area contributed by atoms with Crippen LogP contribution in [0.4, 0.5) is 4.39 Å². The molecule has 0 saturated heterocycles. The van der Waals surface area contributed by atoms with Gasteiger partial charge in [-0.25, -0.2) is 4.39 Å². The normalized spacial score (nSPS) is 25.6. The van der Waals surface area contributed by atoms with Crippen LogP contribution >= 0.6 is 0 Å². The van der Waals surface area contributed by atoms with Crippen LogP contribution in [0.15, 0.2) is 18.2 Å². The van der Waals surface area contributed by atoms with Gasteiger partial charge >= 0.3 is 0 Å². The molecule has 1 aliphatic carbocycles. The highest BCUT2D eigenvalue weighted by molar-refractivity contribution is 5.33. The molecule has 0 bridgehead atoms. The first-order valence-corrected chi connectivity index (χ1v) is 6.86. The molecule has 1 aromatic carbocycles. The minimum Gasteiger partial charge on any atom is -0.309 e. The van der Waals surface area contributed by atoms with Crippen molar-refractivity contribution in [2.24, 2.45) is 5.92 Å². The van der Waals surface area contributed by atoms with Gasteiger partial charge in [0.25, 0.3) is 0 Å². The smallest absolute Gasteiger partial charge is 0.123 e. The summed E-state index contributed by atoms with van der Waals surface area (Å²) >= 11 is 0. The van der Waals surface area contributed by atoms with Crippen LogP contribution in [0, 0.1) is 11.7 Å². The fourth-order valence-electron chi connectivity index (χ4n) is 3.45. The van der Waals surface area contributed by atoms with E-state index < -0.39 is 0 Å². The Labute approximate surface area is 102 Å². The van der Waals surface area contributed by atoms with Gasteiger partial charge in [-0.2, -0.15) is 0 Å². The van der Waals surface area contributed by atoms with Crippen molar-refractivity contribution in [1.29, 1.82) is 0 Å². The molecular weight excluding hydrogens is 213 g/mol. The molecule has 17 heavy (non-hydrogen) atoms. The highest BCUT2D eigenvalue weighted by Crippen LogP contribution is 2.37. The van der Waals surface area contributed by atoms with Gasteiger partial charge in [0.1, 0.15) is 5.82 Å². The van der Waals surface area contributed by atoms with Gasteiger partial charge in [0.15, 0.2) is 0 Å². The van der Waals surface area contributed by atoms with E-state index in [1.54, 1.807) is 12.1 Å². The predicted octanol–water partition coefficient (Wildman–Crippen LogP) is 3.59. The molecule has 0 spiro atoms. The van der Waals surface area contributed by atoms with Gasteiger partial charge in [0, 0.05) is 6.04 Å². The zero-order valence-electron chi connectivity index (χ0n) is 10.2. The highest BCUT2D eigenvalue weighted by Gasteiger charge is 2.28. The fourth-order valence-corrected chi connectivity index (χ4v) is 3.45. The third-order valence-corrected chi connectivity index (χ3v) is 4.32. The maximum Gasteiger partial charge on any atom is 0.123 e. The van der Waals surface area contributed by atoms with E-state index in [9.17, 15) is 4.39 Å². The van der Waals surface area contributed by atoms with E-state index in [4.69, 9.17) is 0 Å². The van der Waals surface area contributed by atoms with Gasteiger partial charge in [0.05, 0.1) is 0 Å². The number of nitrogens with one attached hydrogen (secondary N) is 1. The number of benzene rings is 1. The molecule has 1 fully saturated rings.